The first-order valence-electron chi connectivity index (χ1n) is 9.85. The number of pyridine rings is 1. The predicted octanol–water partition coefficient (Wildman–Crippen LogP) is 3.44. The van der Waals surface area contributed by atoms with E-state index in [9.17, 15) is 23.1 Å². The normalized spacial score (nSPS) is 16.4. The molecule has 0 saturated carbocycles. The number of thioether (sulfide) groups is 1. The number of carbonyl (C=O) groups is 1. The highest BCUT2D eigenvalue weighted by molar-refractivity contribution is 8.03. The summed E-state index contributed by atoms with van der Waals surface area (Å²) in [5, 5.41) is 12.9. The number of aryl methyl sites for hydroxylation is 1. The molecular weight excluding hydrogens is 450 g/mol. The van der Waals surface area contributed by atoms with Crippen molar-refractivity contribution in [3.8, 4) is 0 Å². The molecule has 1 aliphatic heterocycles. The van der Waals surface area contributed by atoms with E-state index < -0.39 is 21.6 Å². The van der Waals surface area contributed by atoms with Crippen LogP contribution < -0.4 is 10.4 Å². The summed E-state index contributed by atoms with van der Waals surface area (Å²) in [5.74, 6) is -0.801. The summed E-state index contributed by atoms with van der Waals surface area (Å²) in [6, 6.07) is 14.1. The maximum absolute atomic E-state index is 13.2. The van der Waals surface area contributed by atoms with Crippen LogP contribution in [-0.4, -0.2) is 34.4 Å². The lowest BCUT2D eigenvalue weighted by atomic mass is 10.1. The van der Waals surface area contributed by atoms with Crippen LogP contribution in [0.4, 0.5) is 0 Å². The minimum Gasteiger partial charge on any atom is -0.478 e. The molecule has 2 heterocycles. The van der Waals surface area contributed by atoms with E-state index in [1.54, 1.807) is 42.7 Å². The largest absolute Gasteiger partial charge is 0.478 e. The number of rotatable bonds is 6. The number of hydrogen-bond donors (Lipinski definition) is 2. The van der Waals surface area contributed by atoms with E-state index in [2.05, 4.69) is 4.83 Å². The average Bonchev–Trinajstić information content (AvgIpc) is 3.14. The number of benzene rings is 2. The molecule has 10 heteroatoms. The zero-order valence-electron chi connectivity index (χ0n) is 17.3. The Bertz CT molecular complexity index is 1410. The van der Waals surface area contributed by atoms with Crippen molar-refractivity contribution in [1.29, 1.82) is 0 Å². The summed E-state index contributed by atoms with van der Waals surface area (Å²) in [7, 11) is -3.93. The van der Waals surface area contributed by atoms with Gasteiger partial charge in [-0.15, -0.1) is 16.6 Å². The lowest BCUT2D eigenvalue weighted by Crippen LogP contribution is -2.46. The molecule has 8 nitrogen and oxygen atoms in total. The second-order valence-corrected chi connectivity index (χ2v) is 9.97. The van der Waals surface area contributed by atoms with E-state index in [4.69, 9.17) is 0 Å². The number of hydrazine groups is 1. The van der Waals surface area contributed by atoms with Crippen LogP contribution in [0.5, 0.6) is 0 Å². The van der Waals surface area contributed by atoms with Crippen LogP contribution in [0.25, 0.3) is 16.7 Å². The highest BCUT2D eigenvalue weighted by Crippen LogP contribution is 2.35. The van der Waals surface area contributed by atoms with Crippen molar-refractivity contribution in [2.24, 2.45) is 0 Å². The second-order valence-electron chi connectivity index (χ2n) is 7.29. The highest BCUT2D eigenvalue weighted by atomic mass is 32.2. The lowest BCUT2D eigenvalue weighted by Gasteiger charge is -2.29. The third-order valence-corrected chi connectivity index (χ3v) is 7.87. The Morgan fingerprint density at radius 2 is 1.88 bits per heavy atom. The Balaban J connectivity index is 1.85. The molecule has 166 valence electrons. The molecule has 2 N–H and O–H groups in total. The van der Waals surface area contributed by atoms with Gasteiger partial charge in [0.05, 0.1) is 21.3 Å². The van der Waals surface area contributed by atoms with Gasteiger partial charge >= 0.3 is 5.97 Å². The van der Waals surface area contributed by atoms with E-state index in [1.165, 1.54) is 45.6 Å². The molecule has 1 unspecified atom stereocenters. The summed E-state index contributed by atoms with van der Waals surface area (Å²) in [4.78, 5) is 27.2. The van der Waals surface area contributed by atoms with Gasteiger partial charge in [0.1, 0.15) is 5.82 Å². The van der Waals surface area contributed by atoms with Crippen LogP contribution in [0.2, 0.25) is 0 Å². The third kappa shape index (κ3) is 3.92. The monoisotopic (exact) mass is 471 g/mol. The van der Waals surface area contributed by atoms with Crippen molar-refractivity contribution in [3.63, 3.8) is 0 Å². The topological polar surface area (TPSA) is 109 Å². The molecule has 1 aliphatic rings. The Morgan fingerprint density at radius 1 is 1.16 bits per heavy atom. The van der Waals surface area contributed by atoms with Gasteiger partial charge in [-0.05, 0) is 48.6 Å². The quantitative estimate of drug-likeness (QED) is 0.567. The van der Waals surface area contributed by atoms with Crippen LogP contribution in [0.15, 0.2) is 69.7 Å². The summed E-state index contributed by atoms with van der Waals surface area (Å²) in [6.45, 7) is 3.63. The zero-order valence-corrected chi connectivity index (χ0v) is 19.0. The van der Waals surface area contributed by atoms with E-state index in [-0.39, 0.29) is 15.8 Å². The molecule has 1 aromatic heterocycles. The third-order valence-electron chi connectivity index (χ3n) is 5.19. The highest BCUT2D eigenvalue weighted by Gasteiger charge is 2.32. The summed E-state index contributed by atoms with van der Waals surface area (Å²) in [5.41, 5.74) is 0.603. The number of fused-ring (bicyclic) bond motifs is 1. The van der Waals surface area contributed by atoms with Crippen LogP contribution in [0.1, 0.15) is 29.3 Å². The molecule has 0 saturated heterocycles. The Morgan fingerprint density at radius 3 is 2.56 bits per heavy atom. The number of hydrogen-bond acceptors (Lipinski definition) is 6. The van der Waals surface area contributed by atoms with Crippen molar-refractivity contribution >= 4 is 44.5 Å². The summed E-state index contributed by atoms with van der Waals surface area (Å²) < 4.78 is 27.7. The van der Waals surface area contributed by atoms with Gasteiger partial charge in [0, 0.05) is 11.5 Å². The fourth-order valence-electron chi connectivity index (χ4n) is 3.59. The fourth-order valence-corrected chi connectivity index (χ4v) is 5.95. The van der Waals surface area contributed by atoms with Crippen LogP contribution in [0.3, 0.4) is 0 Å². The molecule has 4 rings (SSSR count). The first-order valence-corrected chi connectivity index (χ1v) is 12.3. The number of nitrogens with one attached hydrogen (secondary N) is 1. The van der Waals surface area contributed by atoms with E-state index in [0.29, 0.717) is 28.7 Å². The van der Waals surface area contributed by atoms with Crippen molar-refractivity contribution in [3.05, 3.63) is 81.5 Å². The molecule has 0 aliphatic carbocycles. The Hall–Kier alpha value is -3.08. The summed E-state index contributed by atoms with van der Waals surface area (Å²) in [6.07, 6.45) is 0.598. The van der Waals surface area contributed by atoms with Gasteiger partial charge in [0.25, 0.3) is 15.6 Å². The Labute approximate surface area is 189 Å². The fraction of sp³-hybridized carbons (Fsp3) is 0.182. The lowest BCUT2D eigenvalue weighted by molar-refractivity contribution is 0.0697. The van der Waals surface area contributed by atoms with Gasteiger partial charge < -0.3 is 5.11 Å². The molecule has 0 amide bonds. The SMILES string of the molecule is CCC1SC=C(n2c(=O)ccc3ccc(C(=O)O)cc32)N1NS(=O)(=O)c1ccccc1C. The standard InChI is InChI=1S/C22H21N3O5S2/c1-3-21-25(23-32(29,30)18-7-5-4-6-14(18)2)19(13-31-21)24-17-12-16(22(27)28)9-8-15(17)10-11-20(24)26/h4-13,21,23H,3H2,1-2H3,(H,27,28). The number of aromatic carboxylic acids is 1. The van der Waals surface area contributed by atoms with Crippen LogP contribution in [-0.2, 0) is 10.0 Å². The van der Waals surface area contributed by atoms with Gasteiger partial charge in [-0.25, -0.2) is 13.2 Å². The van der Waals surface area contributed by atoms with Crippen molar-refractivity contribution in [1.82, 2.24) is 14.4 Å². The van der Waals surface area contributed by atoms with E-state index >= 15 is 0 Å². The maximum Gasteiger partial charge on any atom is 0.335 e. The first-order chi connectivity index (χ1) is 15.2. The number of sulfonamides is 1. The van der Waals surface area contributed by atoms with Crippen LogP contribution in [0, 0.1) is 6.92 Å². The van der Waals surface area contributed by atoms with Gasteiger partial charge in [-0.2, -0.15) is 0 Å². The maximum atomic E-state index is 13.2. The van der Waals surface area contributed by atoms with Gasteiger partial charge in [-0.3, -0.25) is 14.4 Å². The molecule has 32 heavy (non-hydrogen) atoms. The molecule has 1 atom stereocenters. The van der Waals surface area contributed by atoms with Gasteiger partial charge in [0.2, 0.25) is 0 Å². The first kappa shape index (κ1) is 22.1. The van der Waals surface area contributed by atoms with E-state index in [0.717, 1.165) is 0 Å². The molecule has 3 aromatic rings. The van der Waals surface area contributed by atoms with Crippen molar-refractivity contribution < 1.29 is 18.3 Å². The number of aromatic nitrogens is 1. The number of carboxylic acid groups (broad SMARTS) is 1. The smallest absolute Gasteiger partial charge is 0.335 e. The van der Waals surface area contributed by atoms with Crippen molar-refractivity contribution in [2.75, 3.05) is 0 Å². The molecule has 0 fully saturated rings. The molecule has 0 bridgehead atoms. The minimum atomic E-state index is -3.93. The summed E-state index contributed by atoms with van der Waals surface area (Å²) >= 11 is 1.38. The molecular formula is C22H21N3O5S2. The average molecular weight is 472 g/mol. The minimum absolute atomic E-state index is 0.0298. The predicted molar refractivity (Wildman–Crippen MR) is 124 cm³/mol. The van der Waals surface area contributed by atoms with E-state index in [1.807, 2.05) is 6.92 Å². The number of nitrogens with zero attached hydrogens (tertiary/aromatic N) is 2. The molecule has 0 spiro atoms. The molecule has 2 aromatic carbocycles. The zero-order chi connectivity index (χ0) is 23.0. The van der Waals surface area contributed by atoms with Crippen molar-refractivity contribution in [2.45, 2.75) is 30.5 Å². The van der Waals surface area contributed by atoms with Gasteiger partial charge in [0.15, 0.2) is 0 Å². The Kier molecular flexibility index (Phi) is 5.85. The number of carboxylic acids is 1. The second kappa shape index (κ2) is 8.45. The molecule has 0 radical (unpaired) electrons. The van der Waals surface area contributed by atoms with Crippen LogP contribution >= 0.6 is 11.8 Å². The van der Waals surface area contributed by atoms with Gasteiger partial charge in [-0.1, -0.05) is 31.2 Å².